The first-order valence-electron chi connectivity index (χ1n) is 9.11. The van der Waals surface area contributed by atoms with Crippen molar-refractivity contribution in [1.29, 1.82) is 0 Å². The normalized spacial score (nSPS) is 23.2. The molecule has 148 valence electrons. The number of benzene rings is 1. The number of hydrogen-bond donors (Lipinski definition) is 0. The third-order valence-electron chi connectivity index (χ3n) is 4.85. The van der Waals surface area contributed by atoms with Crippen molar-refractivity contribution in [2.75, 3.05) is 52.6 Å². The maximum absolute atomic E-state index is 13.1. The molecule has 8 heteroatoms. The zero-order valence-corrected chi connectivity index (χ0v) is 15.5. The smallest absolute Gasteiger partial charge is 0.225 e. The Kier molecular flexibility index (Phi) is 6.28. The van der Waals surface area contributed by atoms with E-state index in [4.69, 9.17) is 14.2 Å². The summed E-state index contributed by atoms with van der Waals surface area (Å²) in [6.07, 6.45) is 0.109. The number of rotatable bonds is 5. The van der Waals surface area contributed by atoms with Crippen LogP contribution < -0.4 is 4.74 Å². The highest BCUT2D eigenvalue weighted by Crippen LogP contribution is 2.26. The first-order chi connectivity index (χ1) is 13.0. The molecular formula is C19H25FN2O5. The molecule has 2 heterocycles. The van der Waals surface area contributed by atoms with E-state index in [1.807, 2.05) is 0 Å². The number of carbonyl (C=O) groups is 2. The van der Waals surface area contributed by atoms with Crippen LogP contribution in [0.25, 0.3) is 0 Å². The van der Waals surface area contributed by atoms with Gasteiger partial charge in [0.2, 0.25) is 11.8 Å². The zero-order valence-electron chi connectivity index (χ0n) is 15.5. The SMILES string of the molecule is CC(=O)N1CCO[C@](COc2ccc(F)cc2)(CC(=O)N2CCOCC2)C1. The van der Waals surface area contributed by atoms with E-state index < -0.39 is 5.60 Å². The second-order valence-electron chi connectivity index (χ2n) is 6.88. The van der Waals surface area contributed by atoms with Gasteiger partial charge in [-0.15, -0.1) is 0 Å². The Labute approximate surface area is 158 Å². The van der Waals surface area contributed by atoms with Crippen LogP contribution in [-0.2, 0) is 19.1 Å². The van der Waals surface area contributed by atoms with Crippen molar-refractivity contribution in [2.45, 2.75) is 18.9 Å². The summed E-state index contributed by atoms with van der Waals surface area (Å²) < 4.78 is 30.2. The Balaban J connectivity index is 1.72. The molecule has 0 bridgehead atoms. The van der Waals surface area contributed by atoms with Crippen LogP contribution in [0, 0.1) is 5.82 Å². The number of hydrogen-bond acceptors (Lipinski definition) is 5. The molecule has 7 nitrogen and oxygen atoms in total. The van der Waals surface area contributed by atoms with Crippen LogP contribution in [0.1, 0.15) is 13.3 Å². The zero-order chi connectivity index (χ0) is 19.3. The van der Waals surface area contributed by atoms with Gasteiger partial charge in [0, 0.05) is 26.6 Å². The average Bonchev–Trinajstić information content (AvgIpc) is 2.68. The molecule has 2 fully saturated rings. The van der Waals surface area contributed by atoms with E-state index in [0.717, 1.165) is 0 Å². The van der Waals surface area contributed by atoms with Gasteiger partial charge in [-0.1, -0.05) is 0 Å². The molecule has 1 aromatic carbocycles. The van der Waals surface area contributed by atoms with Gasteiger partial charge >= 0.3 is 0 Å². The minimum Gasteiger partial charge on any atom is -0.490 e. The Hall–Kier alpha value is -2.19. The van der Waals surface area contributed by atoms with E-state index >= 15 is 0 Å². The molecule has 0 aliphatic carbocycles. The van der Waals surface area contributed by atoms with Gasteiger partial charge in [0.15, 0.2) is 0 Å². The summed E-state index contributed by atoms with van der Waals surface area (Å²) in [6, 6.07) is 5.67. The predicted octanol–water partition coefficient (Wildman–Crippen LogP) is 1.07. The number of ether oxygens (including phenoxy) is 3. The van der Waals surface area contributed by atoms with E-state index in [1.54, 1.807) is 9.80 Å². The molecule has 27 heavy (non-hydrogen) atoms. The maximum Gasteiger partial charge on any atom is 0.225 e. The molecule has 0 spiro atoms. The Morgan fingerprint density at radius 1 is 1.11 bits per heavy atom. The van der Waals surface area contributed by atoms with Crippen LogP contribution in [0.3, 0.4) is 0 Å². The fourth-order valence-corrected chi connectivity index (χ4v) is 3.30. The summed E-state index contributed by atoms with van der Waals surface area (Å²) >= 11 is 0. The van der Waals surface area contributed by atoms with Gasteiger partial charge in [-0.2, -0.15) is 0 Å². The number of morpholine rings is 2. The molecule has 0 aromatic heterocycles. The van der Waals surface area contributed by atoms with Gasteiger partial charge in [-0.05, 0) is 24.3 Å². The van der Waals surface area contributed by atoms with Crippen molar-refractivity contribution in [3.8, 4) is 5.75 Å². The summed E-state index contributed by atoms with van der Waals surface area (Å²) in [5.41, 5.74) is -0.937. The summed E-state index contributed by atoms with van der Waals surface area (Å²) in [5, 5.41) is 0. The first kappa shape index (κ1) is 19.6. The van der Waals surface area contributed by atoms with E-state index in [9.17, 15) is 14.0 Å². The monoisotopic (exact) mass is 380 g/mol. The van der Waals surface area contributed by atoms with Crippen LogP contribution in [0.15, 0.2) is 24.3 Å². The van der Waals surface area contributed by atoms with Gasteiger partial charge < -0.3 is 24.0 Å². The second-order valence-corrected chi connectivity index (χ2v) is 6.88. The standard InChI is InChI=1S/C19H25FN2O5/c1-15(23)22-8-11-27-19(13-22,12-18(24)21-6-9-25-10-7-21)14-26-17-4-2-16(20)3-5-17/h2-5H,6-14H2,1H3/t19-/m1/s1. The molecule has 2 amide bonds. The molecular weight excluding hydrogens is 355 g/mol. The van der Waals surface area contributed by atoms with Crippen LogP contribution in [-0.4, -0.2) is 79.8 Å². The van der Waals surface area contributed by atoms with Gasteiger partial charge in [0.25, 0.3) is 0 Å². The van der Waals surface area contributed by atoms with Crippen molar-refractivity contribution in [3.63, 3.8) is 0 Å². The third kappa shape index (κ3) is 5.17. The average molecular weight is 380 g/mol. The van der Waals surface area contributed by atoms with Gasteiger partial charge in [0.05, 0.1) is 32.8 Å². The molecule has 2 aliphatic rings. The second kappa shape index (κ2) is 8.67. The van der Waals surface area contributed by atoms with Gasteiger partial charge in [-0.25, -0.2) is 4.39 Å². The Bertz CT molecular complexity index is 663. The van der Waals surface area contributed by atoms with Crippen molar-refractivity contribution < 1.29 is 28.2 Å². The van der Waals surface area contributed by atoms with Crippen molar-refractivity contribution in [3.05, 3.63) is 30.1 Å². The number of carbonyl (C=O) groups excluding carboxylic acids is 2. The highest BCUT2D eigenvalue weighted by Gasteiger charge is 2.41. The van der Waals surface area contributed by atoms with Crippen molar-refractivity contribution >= 4 is 11.8 Å². The lowest BCUT2D eigenvalue weighted by atomic mass is 9.96. The molecule has 0 unspecified atom stereocenters. The first-order valence-corrected chi connectivity index (χ1v) is 9.11. The number of halogens is 1. The largest absolute Gasteiger partial charge is 0.490 e. The minimum absolute atomic E-state index is 0.0496. The summed E-state index contributed by atoms with van der Waals surface area (Å²) in [6.45, 7) is 4.83. The summed E-state index contributed by atoms with van der Waals surface area (Å²) in [4.78, 5) is 28.1. The van der Waals surface area contributed by atoms with E-state index in [2.05, 4.69) is 0 Å². The Morgan fingerprint density at radius 3 is 2.44 bits per heavy atom. The van der Waals surface area contributed by atoms with Gasteiger partial charge in [0.1, 0.15) is 23.8 Å². The van der Waals surface area contributed by atoms with Crippen LogP contribution in [0.4, 0.5) is 4.39 Å². The molecule has 0 radical (unpaired) electrons. The molecule has 0 N–H and O–H groups in total. The minimum atomic E-state index is -0.937. The summed E-state index contributed by atoms with van der Waals surface area (Å²) in [7, 11) is 0. The van der Waals surface area contributed by atoms with Crippen LogP contribution >= 0.6 is 0 Å². The summed E-state index contributed by atoms with van der Waals surface area (Å²) in [5.74, 6) is 0.0176. The molecule has 3 rings (SSSR count). The fraction of sp³-hybridized carbons (Fsp3) is 0.579. The lowest BCUT2D eigenvalue weighted by Gasteiger charge is -2.42. The third-order valence-corrected chi connectivity index (χ3v) is 4.85. The van der Waals surface area contributed by atoms with Crippen molar-refractivity contribution in [1.82, 2.24) is 9.80 Å². The quantitative estimate of drug-likeness (QED) is 0.765. The van der Waals surface area contributed by atoms with Crippen LogP contribution in [0.2, 0.25) is 0 Å². The lowest BCUT2D eigenvalue weighted by Crippen LogP contribution is -2.58. The highest BCUT2D eigenvalue weighted by atomic mass is 19.1. The molecule has 1 atom stereocenters. The van der Waals surface area contributed by atoms with Crippen molar-refractivity contribution in [2.24, 2.45) is 0 Å². The fourth-order valence-electron chi connectivity index (χ4n) is 3.30. The molecule has 0 saturated carbocycles. The van der Waals surface area contributed by atoms with Crippen LogP contribution in [0.5, 0.6) is 5.75 Å². The Morgan fingerprint density at radius 2 is 1.78 bits per heavy atom. The van der Waals surface area contributed by atoms with Gasteiger partial charge in [-0.3, -0.25) is 9.59 Å². The van der Waals surface area contributed by atoms with E-state index in [-0.39, 0.29) is 37.2 Å². The topological polar surface area (TPSA) is 68.3 Å². The predicted molar refractivity (Wildman–Crippen MR) is 94.8 cm³/mol. The maximum atomic E-state index is 13.1. The lowest BCUT2D eigenvalue weighted by molar-refractivity contribution is -0.166. The van der Waals surface area contributed by atoms with E-state index in [0.29, 0.717) is 45.2 Å². The molecule has 2 saturated heterocycles. The number of amides is 2. The highest BCUT2D eigenvalue weighted by molar-refractivity contribution is 5.78. The molecule has 1 aromatic rings. The molecule has 2 aliphatic heterocycles. The van der Waals surface area contributed by atoms with E-state index in [1.165, 1.54) is 31.2 Å². The number of nitrogens with zero attached hydrogens (tertiary/aromatic N) is 2.